The standard InChI is InChI=1S/C14H11BrF3NO/c1-7-2-10(16)9(15)5-13(7)19-6-8-3-11(17)14(20)12(18)4-8/h2-5,19-20H,6H2,1H3. The fourth-order valence-corrected chi connectivity index (χ4v) is 2.10. The fraction of sp³-hybridized carbons (Fsp3) is 0.143. The Kier molecular flexibility index (Phi) is 4.23. The van der Waals surface area contributed by atoms with Gasteiger partial charge in [-0.25, -0.2) is 13.2 Å². The van der Waals surface area contributed by atoms with Crippen molar-refractivity contribution in [2.45, 2.75) is 13.5 Å². The van der Waals surface area contributed by atoms with Gasteiger partial charge in [-0.15, -0.1) is 0 Å². The van der Waals surface area contributed by atoms with E-state index in [0.717, 1.165) is 12.1 Å². The number of nitrogens with one attached hydrogen (secondary N) is 1. The number of phenols is 1. The zero-order chi connectivity index (χ0) is 14.9. The molecule has 0 atom stereocenters. The highest BCUT2D eigenvalue weighted by Gasteiger charge is 2.10. The quantitative estimate of drug-likeness (QED) is 0.858. The van der Waals surface area contributed by atoms with Crippen LogP contribution in [0, 0.1) is 24.4 Å². The van der Waals surface area contributed by atoms with E-state index in [-0.39, 0.29) is 12.4 Å². The Morgan fingerprint density at radius 1 is 1.05 bits per heavy atom. The van der Waals surface area contributed by atoms with E-state index in [2.05, 4.69) is 21.2 Å². The molecule has 0 heterocycles. The molecule has 106 valence electrons. The fourth-order valence-electron chi connectivity index (χ4n) is 1.75. The molecule has 0 amide bonds. The van der Waals surface area contributed by atoms with Crippen molar-refractivity contribution in [2.24, 2.45) is 0 Å². The zero-order valence-corrected chi connectivity index (χ0v) is 12.1. The third kappa shape index (κ3) is 3.07. The van der Waals surface area contributed by atoms with Crippen LogP contribution in [0.15, 0.2) is 28.7 Å². The maximum absolute atomic E-state index is 13.3. The molecule has 0 fully saturated rings. The number of hydrogen-bond acceptors (Lipinski definition) is 2. The Labute approximate surface area is 122 Å². The topological polar surface area (TPSA) is 32.3 Å². The van der Waals surface area contributed by atoms with Crippen LogP contribution in [0.4, 0.5) is 18.9 Å². The van der Waals surface area contributed by atoms with E-state index in [0.29, 0.717) is 21.3 Å². The van der Waals surface area contributed by atoms with E-state index in [4.69, 9.17) is 5.11 Å². The minimum atomic E-state index is -1.01. The minimum absolute atomic E-state index is 0.146. The average Bonchev–Trinajstić information content (AvgIpc) is 2.38. The van der Waals surface area contributed by atoms with Crippen molar-refractivity contribution in [3.63, 3.8) is 0 Å². The van der Waals surface area contributed by atoms with Crippen molar-refractivity contribution >= 4 is 21.6 Å². The van der Waals surface area contributed by atoms with Gasteiger partial charge in [0.05, 0.1) is 4.47 Å². The lowest BCUT2D eigenvalue weighted by molar-refractivity contribution is 0.395. The van der Waals surface area contributed by atoms with Crippen LogP contribution in [0.3, 0.4) is 0 Å². The molecule has 0 radical (unpaired) electrons. The largest absolute Gasteiger partial charge is 0.503 e. The first-order chi connectivity index (χ1) is 9.38. The lowest BCUT2D eigenvalue weighted by atomic mass is 10.1. The number of anilines is 1. The molecular formula is C14H11BrF3NO. The highest BCUT2D eigenvalue weighted by Crippen LogP contribution is 2.26. The first kappa shape index (κ1) is 14.7. The van der Waals surface area contributed by atoms with Crippen LogP contribution in [0.1, 0.15) is 11.1 Å². The van der Waals surface area contributed by atoms with Gasteiger partial charge in [-0.3, -0.25) is 0 Å². The van der Waals surface area contributed by atoms with Gasteiger partial charge >= 0.3 is 0 Å². The number of phenolic OH excluding ortho intramolecular Hbond substituents is 1. The Bertz CT molecular complexity index is 638. The summed E-state index contributed by atoms with van der Waals surface area (Å²) in [6.45, 7) is 1.86. The number of benzene rings is 2. The van der Waals surface area contributed by atoms with Crippen LogP contribution in [0.5, 0.6) is 5.75 Å². The summed E-state index contributed by atoms with van der Waals surface area (Å²) in [6.07, 6.45) is 0. The van der Waals surface area contributed by atoms with Crippen molar-refractivity contribution in [3.8, 4) is 5.75 Å². The maximum atomic E-state index is 13.3. The first-order valence-corrected chi connectivity index (χ1v) is 6.54. The predicted molar refractivity (Wildman–Crippen MR) is 74.2 cm³/mol. The van der Waals surface area contributed by atoms with E-state index < -0.39 is 17.4 Å². The monoisotopic (exact) mass is 345 g/mol. The van der Waals surface area contributed by atoms with Crippen LogP contribution < -0.4 is 5.32 Å². The molecule has 0 aromatic heterocycles. The smallest absolute Gasteiger partial charge is 0.187 e. The van der Waals surface area contributed by atoms with Crippen LogP contribution in [0.25, 0.3) is 0 Å². The van der Waals surface area contributed by atoms with Gasteiger partial charge in [-0.1, -0.05) is 0 Å². The summed E-state index contributed by atoms with van der Waals surface area (Å²) in [5, 5.41) is 12.0. The van der Waals surface area contributed by atoms with E-state index in [9.17, 15) is 13.2 Å². The second kappa shape index (κ2) is 5.75. The average molecular weight is 346 g/mol. The SMILES string of the molecule is Cc1cc(F)c(Br)cc1NCc1cc(F)c(O)c(F)c1. The van der Waals surface area contributed by atoms with Gasteiger partial charge < -0.3 is 10.4 Å². The zero-order valence-electron chi connectivity index (χ0n) is 10.5. The molecule has 2 aromatic rings. The molecule has 0 bridgehead atoms. The van der Waals surface area contributed by atoms with Crippen molar-refractivity contribution in [3.05, 3.63) is 57.3 Å². The molecule has 0 aliphatic carbocycles. The van der Waals surface area contributed by atoms with Crippen molar-refractivity contribution in [1.29, 1.82) is 0 Å². The second-order valence-corrected chi connectivity index (χ2v) is 5.20. The van der Waals surface area contributed by atoms with Gasteiger partial charge in [0, 0.05) is 12.2 Å². The molecule has 20 heavy (non-hydrogen) atoms. The molecule has 0 aliphatic rings. The van der Waals surface area contributed by atoms with Crippen LogP contribution in [-0.2, 0) is 6.54 Å². The van der Waals surface area contributed by atoms with Crippen molar-refractivity contribution in [1.82, 2.24) is 0 Å². The Balaban J connectivity index is 2.19. The molecule has 2 N–H and O–H groups in total. The van der Waals surface area contributed by atoms with Crippen molar-refractivity contribution < 1.29 is 18.3 Å². The Hall–Kier alpha value is -1.69. The summed E-state index contributed by atoms with van der Waals surface area (Å²) < 4.78 is 39.9. The Morgan fingerprint density at radius 2 is 1.65 bits per heavy atom. The maximum Gasteiger partial charge on any atom is 0.187 e. The first-order valence-electron chi connectivity index (χ1n) is 5.75. The predicted octanol–water partition coefficient (Wildman–Crippen LogP) is 4.49. The summed E-state index contributed by atoms with van der Waals surface area (Å²) in [5.74, 6) is -3.40. The molecule has 0 unspecified atom stereocenters. The third-order valence-electron chi connectivity index (χ3n) is 2.83. The molecule has 0 saturated carbocycles. The molecule has 6 heteroatoms. The highest BCUT2D eigenvalue weighted by molar-refractivity contribution is 9.10. The van der Waals surface area contributed by atoms with Gasteiger partial charge in [0.15, 0.2) is 17.4 Å². The lowest BCUT2D eigenvalue weighted by Gasteiger charge is -2.11. The molecule has 2 rings (SSSR count). The summed E-state index contributed by atoms with van der Waals surface area (Å²) in [7, 11) is 0. The molecular weight excluding hydrogens is 335 g/mol. The van der Waals surface area contributed by atoms with Crippen LogP contribution >= 0.6 is 15.9 Å². The summed E-state index contributed by atoms with van der Waals surface area (Å²) in [6, 6.07) is 4.99. The summed E-state index contributed by atoms with van der Waals surface area (Å²) >= 11 is 3.07. The van der Waals surface area contributed by atoms with E-state index in [1.54, 1.807) is 13.0 Å². The molecule has 2 nitrogen and oxygen atoms in total. The minimum Gasteiger partial charge on any atom is -0.503 e. The van der Waals surface area contributed by atoms with Gasteiger partial charge in [0.1, 0.15) is 5.82 Å². The third-order valence-corrected chi connectivity index (χ3v) is 3.43. The van der Waals surface area contributed by atoms with Gasteiger partial charge in [0.25, 0.3) is 0 Å². The van der Waals surface area contributed by atoms with Gasteiger partial charge in [-0.05, 0) is 58.2 Å². The van der Waals surface area contributed by atoms with Gasteiger partial charge in [-0.2, -0.15) is 0 Å². The Morgan fingerprint density at radius 3 is 2.25 bits per heavy atom. The highest BCUT2D eigenvalue weighted by atomic mass is 79.9. The van der Waals surface area contributed by atoms with Crippen LogP contribution in [0.2, 0.25) is 0 Å². The number of hydrogen-bond donors (Lipinski definition) is 2. The number of aromatic hydroxyl groups is 1. The molecule has 0 aliphatic heterocycles. The number of halogens is 4. The molecule has 2 aromatic carbocycles. The van der Waals surface area contributed by atoms with Crippen molar-refractivity contribution in [2.75, 3.05) is 5.32 Å². The van der Waals surface area contributed by atoms with E-state index in [1.165, 1.54) is 6.07 Å². The van der Waals surface area contributed by atoms with Crippen LogP contribution in [-0.4, -0.2) is 5.11 Å². The lowest BCUT2D eigenvalue weighted by Crippen LogP contribution is -2.03. The second-order valence-electron chi connectivity index (χ2n) is 4.34. The number of aryl methyl sites for hydroxylation is 1. The van der Waals surface area contributed by atoms with E-state index in [1.807, 2.05) is 0 Å². The normalized spacial score (nSPS) is 10.7. The summed E-state index contributed by atoms with van der Waals surface area (Å²) in [5.41, 5.74) is 1.65. The van der Waals surface area contributed by atoms with Gasteiger partial charge in [0.2, 0.25) is 0 Å². The molecule has 0 spiro atoms. The van der Waals surface area contributed by atoms with E-state index >= 15 is 0 Å². The number of rotatable bonds is 3. The molecule has 0 saturated heterocycles. The summed E-state index contributed by atoms with van der Waals surface area (Å²) in [4.78, 5) is 0.